The predicted octanol–water partition coefficient (Wildman–Crippen LogP) is 5.52. The minimum absolute atomic E-state index is 0.0237. The van der Waals surface area contributed by atoms with Crippen molar-refractivity contribution in [3.63, 3.8) is 0 Å². The molecule has 0 aromatic heterocycles. The second-order valence-corrected chi connectivity index (χ2v) is 14.2. The Morgan fingerprint density at radius 2 is 2.02 bits per heavy atom. The van der Waals surface area contributed by atoms with Crippen molar-refractivity contribution >= 4 is 29.1 Å². The standard InChI is InChI=1S/C33H40Cl2N2O4/c1-18(2)16-37(29(39)13-19-4-7-23(34)24(35)12-19)25-8-6-22-26-14-20-5-9-28(40-3)31-30(20)33(22,32(25)41-31)10-11-36(26)17-21-15-27(21)38/h4-5,7,9,12,18,21-22,25-27,32,38H,6,8,10-11,13-17H2,1-3H3/t21?,22-,25-,26+,27?,32-,33-/m0/s1. The Hall–Kier alpha value is -1.99. The summed E-state index contributed by atoms with van der Waals surface area (Å²) in [6.45, 7) is 7.01. The van der Waals surface area contributed by atoms with Crippen molar-refractivity contribution in [2.75, 3.05) is 26.7 Å². The van der Waals surface area contributed by atoms with Crippen LogP contribution in [0.15, 0.2) is 30.3 Å². The number of hydrogen-bond donors (Lipinski definition) is 1. The van der Waals surface area contributed by atoms with Crippen LogP contribution in [0.3, 0.4) is 0 Å². The predicted molar refractivity (Wildman–Crippen MR) is 160 cm³/mol. The molecule has 3 aliphatic carbocycles. The Balaban J connectivity index is 1.26. The lowest BCUT2D eigenvalue weighted by Gasteiger charge is -2.60. The van der Waals surface area contributed by atoms with E-state index in [1.807, 2.05) is 12.1 Å². The Morgan fingerprint density at radius 3 is 2.73 bits per heavy atom. The molecule has 1 spiro atoms. The molecule has 2 aromatic rings. The second-order valence-electron chi connectivity index (χ2n) is 13.4. The largest absolute Gasteiger partial charge is 0.493 e. The molecule has 1 saturated heterocycles. The first-order valence-electron chi connectivity index (χ1n) is 15.2. The SMILES string of the molecule is COc1ccc2c3c1O[C@H]1[C@@H](N(CC(C)C)C(=O)Cc4ccc(Cl)c(Cl)c4)CC[C@H]4[C@@H](C2)N(CC2CC2O)CC[C@@]341. The van der Waals surface area contributed by atoms with E-state index in [0.29, 0.717) is 40.4 Å². The number of rotatable bonds is 8. The molecule has 7 rings (SSSR count). The number of amides is 1. The summed E-state index contributed by atoms with van der Waals surface area (Å²) < 4.78 is 12.9. The third-order valence-corrected chi connectivity index (χ3v) is 11.3. The van der Waals surface area contributed by atoms with Gasteiger partial charge in [0.25, 0.3) is 0 Å². The van der Waals surface area contributed by atoms with E-state index in [1.54, 1.807) is 13.2 Å². The number of nitrogens with zero attached hydrogens (tertiary/aromatic N) is 2. The van der Waals surface area contributed by atoms with Gasteiger partial charge in [0.2, 0.25) is 5.91 Å². The minimum Gasteiger partial charge on any atom is -0.493 e. The molecule has 220 valence electrons. The molecule has 2 saturated carbocycles. The summed E-state index contributed by atoms with van der Waals surface area (Å²) in [6.07, 6.45) is 4.95. The molecule has 1 N–H and O–H groups in total. The number of ether oxygens (including phenoxy) is 2. The summed E-state index contributed by atoms with van der Waals surface area (Å²) in [6, 6.07) is 10.2. The van der Waals surface area contributed by atoms with Gasteiger partial charge in [0.15, 0.2) is 11.5 Å². The van der Waals surface area contributed by atoms with E-state index in [9.17, 15) is 9.90 Å². The monoisotopic (exact) mass is 598 g/mol. The Bertz CT molecular complexity index is 1370. The minimum atomic E-state index is -0.137. The quantitative estimate of drug-likeness (QED) is 0.433. The molecule has 5 aliphatic rings. The van der Waals surface area contributed by atoms with E-state index in [4.69, 9.17) is 32.7 Å². The van der Waals surface area contributed by atoms with Crippen LogP contribution < -0.4 is 9.47 Å². The first-order chi connectivity index (χ1) is 19.7. The Morgan fingerprint density at radius 1 is 1.22 bits per heavy atom. The fourth-order valence-electron chi connectivity index (χ4n) is 8.76. The van der Waals surface area contributed by atoms with E-state index in [-0.39, 0.29) is 36.0 Å². The maximum atomic E-state index is 14.1. The lowest BCUT2D eigenvalue weighted by atomic mass is 9.51. The fourth-order valence-corrected chi connectivity index (χ4v) is 9.09. The third-order valence-electron chi connectivity index (χ3n) is 10.6. The van der Waals surface area contributed by atoms with Crippen molar-refractivity contribution in [2.45, 2.75) is 82.1 Å². The zero-order valence-electron chi connectivity index (χ0n) is 24.1. The topological polar surface area (TPSA) is 62.2 Å². The molecule has 3 fully saturated rings. The molecule has 8 heteroatoms. The van der Waals surface area contributed by atoms with Gasteiger partial charge >= 0.3 is 0 Å². The number of likely N-dealkylation sites (tertiary alicyclic amines) is 1. The smallest absolute Gasteiger partial charge is 0.227 e. The van der Waals surface area contributed by atoms with Gasteiger partial charge in [-0.15, -0.1) is 0 Å². The van der Waals surface area contributed by atoms with Gasteiger partial charge in [-0.2, -0.15) is 0 Å². The number of benzene rings is 2. The van der Waals surface area contributed by atoms with Crippen LogP contribution in [0.25, 0.3) is 0 Å². The van der Waals surface area contributed by atoms with Gasteiger partial charge in [-0.25, -0.2) is 0 Å². The molecule has 2 aromatic carbocycles. The summed E-state index contributed by atoms with van der Waals surface area (Å²) in [5.74, 6) is 2.99. The Labute approximate surface area is 252 Å². The number of methoxy groups -OCH3 is 1. The number of aliphatic hydroxyl groups is 1. The number of hydrogen-bond acceptors (Lipinski definition) is 5. The highest BCUT2D eigenvalue weighted by Crippen LogP contribution is 2.64. The van der Waals surface area contributed by atoms with Crippen LogP contribution in [0.1, 0.15) is 56.2 Å². The summed E-state index contributed by atoms with van der Waals surface area (Å²) in [7, 11) is 1.72. The summed E-state index contributed by atoms with van der Waals surface area (Å²) >= 11 is 12.5. The summed E-state index contributed by atoms with van der Waals surface area (Å²) in [4.78, 5) is 18.9. The van der Waals surface area contributed by atoms with Crippen LogP contribution >= 0.6 is 23.2 Å². The molecule has 41 heavy (non-hydrogen) atoms. The number of carbonyl (C=O) groups excluding carboxylic acids is 1. The number of carbonyl (C=O) groups is 1. The lowest BCUT2D eigenvalue weighted by molar-refractivity contribution is -0.143. The van der Waals surface area contributed by atoms with Crippen LogP contribution in [0.2, 0.25) is 10.0 Å². The first-order valence-corrected chi connectivity index (χ1v) is 16.0. The summed E-state index contributed by atoms with van der Waals surface area (Å²) in [5, 5.41) is 11.1. The van der Waals surface area contributed by atoms with E-state index >= 15 is 0 Å². The maximum absolute atomic E-state index is 14.1. The van der Waals surface area contributed by atoms with Gasteiger partial charge in [0, 0.05) is 36.0 Å². The van der Waals surface area contributed by atoms with E-state index in [1.165, 1.54) is 11.1 Å². The van der Waals surface area contributed by atoms with E-state index in [0.717, 1.165) is 62.3 Å². The number of piperidine rings is 1. The van der Waals surface area contributed by atoms with E-state index < -0.39 is 0 Å². The van der Waals surface area contributed by atoms with Crippen molar-refractivity contribution in [1.29, 1.82) is 0 Å². The highest BCUT2D eigenvalue weighted by atomic mass is 35.5. The molecule has 7 atom stereocenters. The van der Waals surface area contributed by atoms with Crippen molar-refractivity contribution in [3.8, 4) is 11.5 Å². The normalized spacial score (nSPS) is 32.9. The van der Waals surface area contributed by atoms with Crippen LogP contribution in [-0.4, -0.2) is 71.8 Å². The number of halogens is 2. The van der Waals surface area contributed by atoms with Crippen molar-refractivity contribution < 1.29 is 19.4 Å². The van der Waals surface area contributed by atoms with E-state index in [2.05, 4.69) is 35.8 Å². The lowest BCUT2D eigenvalue weighted by Crippen LogP contribution is -2.69. The second kappa shape index (κ2) is 10.3. The van der Waals surface area contributed by atoms with Crippen molar-refractivity contribution in [1.82, 2.24) is 9.80 Å². The maximum Gasteiger partial charge on any atom is 0.227 e. The van der Waals surface area contributed by atoms with Crippen LogP contribution in [0, 0.1) is 17.8 Å². The average molecular weight is 600 g/mol. The highest BCUT2D eigenvalue weighted by Gasteiger charge is 2.67. The zero-order chi connectivity index (χ0) is 28.6. The molecule has 1 amide bonds. The van der Waals surface area contributed by atoms with Crippen LogP contribution in [-0.2, 0) is 23.1 Å². The van der Waals surface area contributed by atoms with Crippen molar-refractivity contribution in [2.24, 2.45) is 17.8 Å². The molecular weight excluding hydrogens is 559 g/mol. The van der Waals surface area contributed by atoms with Gasteiger partial charge in [-0.1, -0.05) is 49.2 Å². The van der Waals surface area contributed by atoms with Crippen molar-refractivity contribution in [3.05, 3.63) is 57.1 Å². The Kier molecular flexibility index (Phi) is 7.01. The fraction of sp³-hybridized carbons (Fsp3) is 0.606. The van der Waals surface area contributed by atoms with Gasteiger partial charge in [0.1, 0.15) is 6.10 Å². The first kappa shape index (κ1) is 27.8. The molecule has 6 nitrogen and oxygen atoms in total. The molecule has 0 radical (unpaired) electrons. The van der Waals surface area contributed by atoms with Gasteiger partial charge in [-0.3, -0.25) is 9.69 Å². The van der Waals surface area contributed by atoms with Gasteiger partial charge in [-0.05, 0) is 79.8 Å². The molecule has 2 heterocycles. The molecular formula is C33H40Cl2N2O4. The summed E-state index contributed by atoms with van der Waals surface area (Å²) in [5.41, 5.74) is 3.45. The van der Waals surface area contributed by atoms with Crippen LogP contribution in [0.4, 0.5) is 0 Å². The number of aliphatic hydroxyl groups excluding tert-OH is 1. The van der Waals surface area contributed by atoms with Gasteiger partial charge < -0.3 is 19.5 Å². The molecule has 2 bridgehead atoms. The highest BCUT2D eigenvalue weighted by molar-refractivity contribution is 6.42. The van der Waals surface area contributed by atoms with Crippen LogP contribution in [0.5, 0.6) is 11.5 Å². The molecule has 2 unspecified atom stereocenters. The molecule has 2 aliphatic heterocycles. The van der Waals surface area contributed by atoms with Gasteiger partial charge in [0.05, 0.1) is 35.7 Å². The third kappa shape index (κ3) is 4.47. The average Bonchev–Trinajstić information content (AvgIpc) is 3.52. The zero-order valence-corrected chi connectivity index (χ0v) is 25.6.